The fourth-order valence-corrected chi connectivity index (χ4v) is 3.33. The molecular weight excluding hydrogens is 352 g/mol. The first-order valence-corrected chi connectivity index (χ1v) is 9.27. The summed E-state index contributed by atoms with van der Waals surface area (Å²) in [5, 5.41) is 6.33. The third-order valence-corrected chi connectivity index (χ3v) is 4.72. The molecule has 1 aliphatic heterocycles. The molecule has 1 aromatic carbocycles. The van der Waals surface area contributed by atoms with Crippen LogP contribution < -0.4 is 10.6 Å². The topological polar surface area (TPSA) is 76.0 Å². The van der Waals surface area contributed by atoms with E-state index in [0.717, 1.165) is 30.5 Å². The zero-order valence-electron chi connectivity index (χ0n) is 15.0. The Bertz CT molecular complexity index is 829. The summed E-state index contributed by atoms with van der Waals surface area (Å²) in [5.74, 6) is -0.229. The molecule has 2 heterocycles. The maximum atomic E-state index is 12.7. The molecule has 0 bridgehead atoms. The molecule has 0 spiro atoms. The number of rotatable bonds is 5. The molecule has 2 aromatic rings. The number of halogens is 1. The van der Waals surface area contributed by atoms with Crippen LogP contribution in [0.4, 0.5) is 0 Å². The van der Waals surface area contributed by atoms with Crippen molar-refractivity contribution in [2.24, 2.45) is 0 Å². The summed E-state index contributed by atoms with van der Waals surface area (Å²) in [6.07, 6.45) is 2.72. The third-order valence-electron chi connectivity index (χ3n) is 4.35. The van der Waals surface area contributed by atoms with Crippen molar-refractivity contribution in [1.82, 2.24) is 20.2 Å². The molecule has 0 atom stereocenters. The molecule has 0 radical (unpaired) electrons. The Labute approximate surface area is 157 Å². The highest BCUT2D eigenvalue weighted by atomic mass is 35.5. The van der Waals surface area contributed by atoms with Crippen molar-refractivity contribution in [1.29, 1.82) is 0 Å². The molecule has 6 nitrogen and oxygen atoms in total. The van der Waals surface area contributed by atoms with Crippen molar-refractivity contribution < 1.29 is 9.59 Å². The Morgan fingerprint density at radius 2 is 2.00 bits per heavy atom. The molecule has 138 valence electrons. The summed E-state index contributed by atoms with van der Waals surface area (Å²) in [4.78, 5) is 29.5. The van der Waals surface area contributed by atoms with Gasteiger partial charge in [-0.05, 0) is 44.7 Å². The van der Waals surface area contributed by atoms with Crippen LogP contribution in [-0.2, 0) is 19.5 Å². The van der Waals surface area contributed by atoms with E-state index in [2.05, 4.69) is 15.6 Å². The number of aromatic nitrogens is 2. The highest BCUT2D eigenvalue weighted by Crippen LogP contribution is 2.21. The Hall–Kier alpha value is -2.34. The van der Waals surface area contributed by atoms with E-state index < -0.39 is 0 Å². The average Bonchev–Trinajstić information content (AvgIpc) is 3.00. The molecule has 2 N–H and O–H groups in total. The number of imidazole rings is 1. The summed E-state index contributed by atoms with van der Waals surface area (Å²) in [6, 6.07) is 7.39. The quantitative estimate of drug-likeness (QED) is 0.844. The van der Waals surface area contributed by atoms with Crippen LogP contribution in [0, 0.1) is 0 Å². The number of hydrogen-bond donors (Lipinski definition) is 2. The summed E-state index contributed by atoms with van der Waals surface area (Å²) in [5.41, 5.74) is 2.05. The smallest absolute Gasteiger partial charge is 0.287 e. The van der Waals surface area contributed by atoms with Crippen LogP contribution in [0.15, 0.2) is 24.3 Å². The van der Waals surface area contributed by atoms with Crippen molar-refractivity contribution in [3.63, 3.8) is 0 Å². The summed E-state index contributed by atoms with van der Waals surface area (Å²) < 4.78 is 1.88. The lowest BCUT2D eigenvalue weighted by Crippen LogP contribution is -2.31. The molecule has 2 amide bonds. The number of carbonyl (C=O) groups is 2. The molecule has 0 saturated carbocycles. The van der Waals surface area contributed by atoms with E-state index in [4.69, 9.17) is 11.6 Å². The van der Waals surface area contributed by atoms with Crippen LogP contribution in [0.3, 0.4) is 0 Å². The molecule has 1 aromatic heterocycles. The Kier molecular flexibility index (Phi) is 5.61. The minimum atomic E-state index is -0.295. The van der Waals surface area contributed by atoms with Crippen molar-refractivity contribution in [3.8, 4) is 0 Å². The standard InChI is InChI=1S/C19H23ClN4O2/c1-12(2)22-18(25)16-15-9-5-6-10-24(15)17(23-16)19(26)21-11-13-7-3-4-8-14(13)20/h3-4,7-8,12H,5-6,9-11H2,1-2H3,(H,21,26)(H,22,25). The largest absolute Gasteiger partial charge is 0.348 e. The Balaban J connectivity index is 1.82. The van der Waals surface area contributed by atoms with Crippen LogP contribution in [0.1, 0.15) is 59.1 Å². The van der Waals surface area contributed by atoms with Gasteiger partial charge in [0.25, 0.3) is 11.8 Å². The van der Waals surface area contributed by atoms with Gasteiger partial charge in [0, 0.05) is 24.2 Å². The van der Waals surface area contributed by atoms with E-state index >= 15 is 0 Å². The van der Waals surface area contributed by atoms with Crippen LogP contribution in [0.2, 0.25) is 5.02 Å². The predicted molar refractivity (Wildman–Crippen MR) is 100 cm³/mol. The fraction of sp³-hybridized carbons (Fsp3) is 0.421. The lowest BCUT2D eigenvalue weighted by Gasteiger charge is -2.17. The molecule has 0 aliphatic carbocycles. The summed E-state index contributed by atoms with van der Waals surface area (Å²) >= 11 is 6.14. The third kappa shape index (κ3) is 3.90. The molecule has 0 saturated heterocycles. The first-order chi connectivity index (χ1) is 12.5. The number of fused-ring (bicyclic) bond motifs is 1. The number of benzene rings is 1. The molecule has 3 rings (SSSR count). The number of carbonyl (C=O) groups excluding carboxylic acids is 2. The summed E-state index contributed by atoms with van der Waals surface area (Å²) in [6.45, 7) is 4.82. The lowest BCUT2D eigenvalue weighted by molar-refractivity contribution is 0.0934. The number of hydrogen-bond acceptors (Lipinski definition) is 3. The van der Waals surface area contributed by atoms with Gasteiger partial charge in [0.2, 0.25) is 0 Å². The van der Waals surface area contributed by atoms with Crippen LogP contribution in [0.5, 0.6) is 0 Å². The zero-order valence-corrected chi connectivity index (χ0v) is 15.8. The van der Waals surface area contributed by atoms with E-state index in [1.165, 1.54) is 0 Å². The van der Waals surface area contributed by atoms with E-state index in [9.17, 15) is 9.59 Å². The van der Waals surface area contributed by atoms with Gasteiger partial charge in [-0.25, -0.2) is 4.98 Å². The Morgan fingerprint density at radius 3 is 2.73 bits per heavy atom. The van der Waals surface area contributed by atoms with Gasteiger partial charge in [0.15, 0.2) is 5.82 Å². The van der Waals surface area contributed by atoms with Gasteiger partial charge < -0.3 is 15.2 Å². The number of amides is 2. The van der Waals surface area contributed by atoms with Crippen molar-refractivity contribution in [3.05, 3.63) is 52.1 Å². The molecule has 0 fully saturated rings. The van der Waals surface area contributed by atoms with Crippen LogP contribution >= 0.6 is 11.6 Å². The molecular formula is C19H23ClN4O2. The maximum Gasteiger partial charge on any atom is 0.287 e. The van der Waals surface area contributed by atoms with Gasteiger partial charge in [-0.3, -0.25) is 9.59 Å². The fourth-order valence-electron chi connectivity index (χ4n) is 3.13. The zero-order chi connectivity index (χ0) is 18.7. The van der Waals surface area contributed by atoms with E-state index in [1.807, 2.05) is 36.6 Å². The monoisotopic (exact) mass is 374 g/mol. The van der Waals surface area contributed by atoms with Gasteiger partial charge in [-0.2, -0.15) is 0 Å². The minimum Gasteiger partial charge on any atom is -0.348 e. The molecule has 26 heavy (non-hydrogen) atoms. The lowest BCUT2D eigenvalue weighted by atomic mass is 10.1. The second kappa shape index (κ2) is 7.91. The van der Waals surface area contributed by atoms with E-state index in [-0.39, 0.29) is 17.9 Å². The van der Waals surface area contributed by atoms with E-state index in [0.29, 0.717) is 29.6 Å². The molecule has 0 unspecified atom stereocenters. The highest BCUT2D eigenvalue weighted by molar-refractivity contribution is 6.31. The van der Waals surface area contributed by atoms with Gasteiger partial charge in [-0.1, -0.05) is 29.8 Å². The predicted octanol–water partition coefficient (Wildman–Crippen LogP) is 2.94. The minimum absolute atomic E-state index is 0.0148. The number of nitrogens with zero attached hydrogens (tertiary/aromatic N) is 2. The normalized spacial score (nSPS) is 13.4. The maximum absolute atomic E-state index is 12.7. The van der Waals surface area contributed by atoms with Gasteiger partial charge in [-0.15, -0.1) is 0 Å². The second-order valence-corrected chi connectivity index (χ2v) is 7.15. The first kappa shape index (κ1) is 18.5. The Morgan fingerprint density at radius 1 is 1.23 bits per heavy atom. The summed E-state index contributed by atoms with van der Waals surface area (Å²) in [7, 11) is 0. The van der Waals surface area contributed by atoms with Crippen molar-refractivity contribution >= 4 is 23.4 Å². The van der Waals surface area contributed by atoms with Crippen molar-refractivity contribution in [2.45, 2.75) is 52.2 Å². The van der Waals surface area contributed by atoms with Crippen LogP contribution in [0.25, 0.3) is 0 Å². The molecule has 1 aliphatic rings. The van der Waals surface area contributed by atoms with Crippen molar-refractivity contribution in [2.75, 3.05) is 0 Å². The first-order valence-electron chi connectivity index (χ1n) is 8.89. The number of nitrogens with one attached hydrogen (secondary N) is 2. The second-order valence-electron chi connectivity index (χ2n) is 6.74. The van der Waals surface area contributed by atoms with Crippen LogP contribution in [-0.4, -0.2) is 27.4 Å². The average molecular weight is 375 g/mol. The highest BCUT2D eigenvalue weighted by Gasteiger charge is 2.27. The van der Waals surface area contributed by atoms with E-state index in [1.54, 1.807) is 6.07 Å². The van der Waals surface area contributed by atoms with Gasteiger partial charge >= 0.3 is 0 Å². The SMILES string of the molecule is CC(C)NC(=O)c1nc(C(=O)NCc2ccccc2Cl)n2c1CCCC2. The molecule has 7 heteroatoms. The van der Waals surface area contributed by atoms with Gasteiger partial charge in [0.1, 0.15) is 5.69 Å². The van der Waals surface area contributed by atoms with Gasteiger partial charge in [0.05, 0.1) is 5.69 Å².